The van der Waals surface area contributed by atoms with Gasteiger partial charge in [0.15, 0.2) is 5.82 Å². The van der Waals surface area contributed by atoms with Gasteiger partial charge in [0.25, 0.3) is 5.56 Å². The molecule has 0 N–H and O–H groups in total. The number of benzene rings is 2. The van der Waals surface area contributed by atoms with E-state index in [2.05, 4.69) is 17.0 Å². The van der Waals surface area contributed by atoms with E-state index in [1.807, 2.05) is 72.8 Å². The Labute approximate surface area is 166 Å². The molecule has 0 aliphatic carbocycles. The van der Waals surface area contributed by atoms with Crippen LogP contribution in [0.2, 0.25) is 0 Å². The molecule has 0 saturated carbocycles. The predicted octanol–water partition coefficient (Wildman–Crippen LogP) is 3.66. The summed E-state index contributed by atoms with van der Waals surface area (Å²) in [5, 5.41) is 4.31. The van der Waals surface area contributed by atoms with Gasteiger partial charge in [-0.05, 0) is 41.8 Å². The van der Waals surface area contributed by atoms with Crippen molar-refractivity contribution < 1.29 is 4.74 Å². The van der Waals surface area contributed by atoms with E-state index < -0.39 is 0 Å². The number of fused-ring (bicyclic) bond motifs is 1. The van der Waals surface area contributed by atoms with Crippen LogP contribution >= 0.6 is 11.3 Å². The number of aromatic nitrogens is 3. The molecule has 0 atom stereocenters. The third-order valence-electron chi connectivity index (χ3n) is 4.07. The van der Waals surface area contributed by atoms with Gasteiger partial charge in [-0.15, -0.1) is 5.10 Å². The van der Waals surface area contributed by atoms with Crippen molar-refractivity contribution in [1.29, 1.82) is 0 Å². The number of hydrogen-bond donors (Lipinski definition) is 0. The van der Waals surface area contributed by atoms with Gasteiger partial charge in [0.05, 0.1) is 11.1 Å². The van der Waals surface area contributed by atoms with Crippen molar-refractivity contribution in [2.24, 2.45) is 0 Å². The zero-order valence-corrected chi connectivity index (χ0v) is 16.2. The highest BCUT2D eigenvalue weighted by molar-refractivity contribution is 7.15. The number of hydrogen-bond acceptors (Lipinski definition) is 5. The molecule has 4 aromatic rings. The monoisotopic (exact) mass is 389 g/mol. The molecule has 2 heterocycles. The Bertz CT molecular complexity index is 1210. The van der Waals surface area contributed by atoms with Crippen LogP contribution in [0.5, 0.6) is 5.75 Å². The summed E-state index contributed by atoms with van der Waals surface area (Å²) >= 11 is 1.34. The van der Waals surface area contributed by atoms with E-state index >= 15 is 0 Å². The molecular weight excluding hydrogens is 370 g/mol. The fourth-order valence-corrected chi connectivity index (χ4v) is 3.60. The highest BCUT2D eigenvalue weighted by Gasteiger charge is 2.08. The molecule has 0 amide bonds. The molecule has 0 aliphatic heterocycles. The highest BCUT2D eigenvalue weighted by Crippen LogP contribution is 2.13. The van der Waals surface area contributed by atoms with Crippen LogP contribution in [-0.2, 0) is 0 Å². The van der Waals surface area contributed by atoms with Gasteiger partial charge >= 0.3 is 0 Å². The third-order valence-corrected chi connectivity index (χ3v) is 5.03. The Morgan fingerprint density at radius 1 is 1.04 bits per heavy atom. The van der Waals surface area contributed by atoms with E-state index in [0.29, 0.717) is 21.9 Å². The Morgan fingerprint density at radius 3 is 2.54 bits per heavy atom. The number of thiazole rings is 1. The van der Waals surface area contributed by atoms with Crippen LogP contribution in [0.25, 0.3) is 23.2 Å². The summed E-state index contributed by atoms with van der Waals surface area (Å²) in [6.07, 6.45) is 6.57. The Kier molecular flexibility index (Phi) is 5.30. The van der Waals surface area contributed by atoms with Gasteiger partial charge in [-0.2, -0.15) is 9.50 Å². The minimum Gasteiger partial charge on any atom is -0.494 e. The van der Waals surface area contributed by atoms with Crippen LogP contribution in [0.3, 0.4) is 0 Å². The van der Waals surface area contributed by atoms with Crippen molar-refractivity contribution in [1.82, 2.24) is 14.6 Å². The van der Waals surface area contributed by atoms with Crippen LogP contribution in [-0.4, -0.2) is 21.2 Å². The van der Waals surface area contributed by atoms with Gasteiger partial charge < -0.3 is 4.74 Å². The predicted molar refractivity (Wildman–Crippen MR) is 114 cm³/mol. The van der Waals surface area contributed by atoms with Crippen LogP contribution in [0.4, 0.5) is 0 Å². The van der Waals surface area contributed by atoms with E-state index in [9.17, 15) is 4.79 Å². The third kappa shape index (κ3) is 4.02. The number of nitrogens with zero attached hydrogens (tertiary/aromatic N) is 3. The first-order chi connectivity index (χ1) is 13.7. The maximum Gasteiger partial charge on any atom is 0.291 e. The average molecular weight is 389 g/mol. The lowest BCUT2D eigenvalue weighted by Gasteiger charge is -2.03. The molecule has 2 aromatic heterocycles. The average Bonchev–Trinajstić information content (AvgIpc) is 3.25. The van der Waals surface area contributed by atoms with Gasteiger partial charge in [-0.3, -0.25) is 4.79 Å². The zero-order valence-electron chi connectivity index (χ0n) is 15.4. The molecule has 0 radical (unpaired) electrons. The maximum atomic E-state index is 12.6. The SMILES string of the molecule is CCCOc1ccc(/C=c2\sc3nc(/C=C/c4ccccc4)nn3c2=O)cc1. The highest BCUT2D eigenvalue weighted by atomic mass is 32.1. The topological polar surface area (TPSA) is 56.5 Å². The van der Waals surface area contributed by atoms with E-state index in [-0.39, 0.29) is 5.56 Å². The summed E-state index contributed by atoms with van der Waals surface area (Å²) in [6.45, 7) is 2.77. The molecule has 2 aromatic carbocycles. The molecule has 0 saturated heterocycles. The smallest absolute Gasteiger partial charge is 0.291 e. The summed E-state index contributed by atoms with van der Waals surface area (Å²) < 4.78 is 7.55. The van der Waals surface area contributed by atoms with Crippen molar-refractivity contribution in [2.45, 2.75) is 13.3 Å². The Morgan fingerprint density at radius 2 is 1.82 bits per heavy atom. The number of ether oxygens (including phenoxy) is 1. The second-order valence-electron chi connectivity index (χ2n) is 6.24. The van der Waals surface area contributed by atoms with Crippen LogP contribution in [0.1, 0.15) is 30.3 Å². The van der Waals surface area contributed by atoms with Crippen molar-refractivity contribution in [3.05, 3.63) is 86.4 Å². The summed E-state index contributed by atoms with van der Waals surface area (Å²) in [6, 6.07) is 17.6. The molecule has 6 heteroatoms. The summed E-state index contributed by atoms with van der Waals surface area (Å²) in [7, 11) is 0. The molecule has 140 valence electrons. The minimum atomic E-state index is -0.154. The van der Waals surface area contributed by atoms with Crippen molar-refractivity contribution in [3.8, 4) is 5.75 Å². The first kappa shape index (κ1) is 18.1. The fourth-order valence-electron chi connectivity index (χ4n) is 2.69. The summed E-state index contributed by atoms with van der Waals surface area (Å²) in [4.78, 5) is 17.7. The minimum absolute atomic E-state index is 0.154. The molecule has 5 nitrogen and oxygen atoms in total. The van der Waals surface area contributed by atoms with Gasteiger partial charge in [0.1, 0.15) is 5.75 Å². The van der Waals surface area contributed by atoms with Gasteiger partial charge in [-0.1, -0.05) is 66.8 Å². The first-order valence-corrected chi connectivity index (χ1v) is 9.92. The molecule has 0 unspecified atom stereocenters. The van der Waals surface area contributed by atoms with Crippen molar-refractivity contribution in [3.63, 3.8) is 0 Å². The lowest BCUT2D eigenvalue weighted by atomic mass is 10.2. The van der Waals surface area contributed by atoms with Crippen LogP contribution in [0.15, 0.2) is 59.4 Å². The van der Waals surface area contributed by atoms with Gasteiger partial charge in [-0.25, -0.2) is 0 Å². The van der Waals surface area contributed by atoms with Crippen LogP contribution < -0.4 is 14.8 Å². The molecule has 28 heavy (non-hydrogen) atoms. The van der Waals surface area contributed by atoms with E-state index in [1.165, 1.54) is 15.9 Å². The Balaban J connectivity index is 1.58. The van der Waals surface area contributed by atoms with Gasteiger partial charge in [0, 0.05) is 0 Å². The first-order valence-electron chi connectivity index (χ1n) is 9.10. The largest absolute Gasteiger partial charge is 0.494 e. The normalized spacial score (nSPS) is 12.2. The summed E-state index contributed by atoms with van der Waals surface area (Å²) in [5.41, 5.74) is 1.84. The van der Waals surface area contributed by atoms with Crippen molar-refractivity contribution in [2.75, 3.05) is 6.61 Å². The molecule has 4 rings (SSSR count). The fraction of sp³-hybridized carbons (Fsp3) is 0.136. The second-order valence-corrected chi connectivity index (χ2v) is 7.25. The zero-order chi connectivity index (χ0) is 19.3. The molecule has 0 aliphatic rings. The lowest BCUT2D eigenvalue weighted by molar-refractivity contribution is 0.317. The number of rotatable bonds is 6. The summed E-state index contributed by atoms with van der Waals surface area (Å²) in [5.74, 6) is 1.36. The molecule has 0 fully saturated rings. The lowest BCUT2D eigenvalue weighted by Crippen LogP contribution is -2.23. The van der Waals surface area contributed by atoms with Gasteiger partial charge in [0.2, 0.25) is 4.96 Å². The van der Waals surface area contributed by atoms with E-state index in [0.717, 1.165) is 23.3 Å². The van der Waals surface area contributed by atoms with Crippen molar-refractivity contribution >= 4 is 34.5 Å². The molecular formula is C22H19N3O2S. The second kappa shape index (κ2) is 8.19. The quantitative estimate of drug-likeness (QED) is 0.505. The van der Waals surface area contributed by atoms with E-state index in [4.69, 9.17) is 4.74 Å². The Hall–Kier alpha value is -3.25. The molecule has 0 bridgehead atoms. The standard InChI is InChI=1S/C22H19N3O2S/c1-2-14-27-18-11-8-17(9-12-18)15-19-21(26)25-22(28-19)23-20(24-25)13-10-16-6-4-3-5-7-16/h3-13,15H,2,14H2,1H3/b13-10+,19-15-. The molecule has 0 spiro atoms. The van der Waals surface area contributed by atoms with Crippen LogP contribution in [0, 0.1) is 0 Å². The van der Waals surface area contributed by atoms with E-state index in [1.54, 1.807) is 0 Å². The maximum absolute atomic E-state index is 12.6.